The average Bonchev–Trinajstić information content (AvgIpc) is 2.84. The highest BCUT2D eigenvalue weighted by Crippen LogP contribution is 2.47. The number of nitriles is 1. The molecule has 2 aliphatic carbocycles. The molecule has 0 fully saturated rings. The molecular weight excluding hydrogens is 440 g/mol. The predicted molar refractivity (Wildman–Crippen MR) is 139 cm³/mol. The number of pyridine rings is 1. The summed E-state index contributed by atoms with van der Waals surface area (Å²) in [6, 6.07) is 21.5. The molecule has 4 aromatic rings. The number of ketones is 1. The van der Waals surface area contributed by atoms with Crippen LogP contribution < -0.4 is 0 Å². The van der Waals surface area contributed by atoms with Gasteiger partial charge in [0.2, 0.25) is 0 Å². The number of nitrogens with zero attached hydrogens (tertiary/aromatic N) is 2. The Hall–Kier alpha value is -3.74. The fraction of sp³-hybridized carbons (Fsp3) is 0.167. The molecule has 0 spiro atoms. The summed E-state index contributed by atoms with van der Waals surface area (Å²) in [6.45, 7) is 4.45. The van der Waals surface area contributed by atoms with Crippen molar-refractivity contribution in [2.45, 2.75) is 26.7 Å². The number of fused-ring (bicyclic) bond motifs is 5. The van der Waals surface area contributed by atoms with Gasteiger partial charge in [0.15, 0.2) is 5.78 Å². The summed E-state index contributed by atoms with van der Waals surface area (Å²) in [6.07, 6.45) is 7.53. The van der Waals surface area contributed by atoms with Gasteiger partial charge in [-0.2, -0.15) is 5.26 Å². The molecule has 0 unspecified atom stereocenters. The molecule has 3 nitrogen and oxygen atoms in total. The van der Waals surface area contributed by atoms with Gasteiger partial charge in [-0.15, -0.1) is 0 Å². The van der Waals surface area contributed by atoms with Crippen LogP contribution in [0.5, 0.6) is 0 Å². The first-order valence-corrected chi connectivity index (χ1v) is 11.7. The number of benzene rings is 3. The van der Waals surface area contributed by atoms with Crippen LogP contribution in [0.3, 0.4) is 0 Å². The van der Waals surface area contributed by atoms with Crippen molar-refractivity contribution in [3.8, 4) is 6.07 Å². The molecular formula is C30H23ClN2O. The summed E-state index contributed by atoms with van der Waals surface area (Å²) in [5.41, 5.74) is 6.04. The van der Waals surface area contributed by atoms with Crippen LogP contribution >= 0.6 is 11.6 Å². The maximum absolute atomic E-state index is 12.8. The molecule has 0 saturated carbocycles. The summed E-state index contributed by atoms with van der Waals surface area (Å²) >= 11 is 6.08. The van der Waals surface area contributed by atoms with E-state index >= 15 is 0 Å². The second kappa shape index (κ2) is 8.56. The number of halogens is 1. The van der Waals surface area contributed by atoms with Gasteiger partial charge >= 0.3 is 0 Å². The summed E-state index contributed by atoms with van der Waals surface area (Å²) in [4.78, 5) is 17.0. The van der Waals surface area contributed by atoms with Crippen LogP contribution in [-0.2, 0) is 0 Å². The van der Waals surface area contributed by atoms with E-state index in [9.17, 15) is 4.79 Å². The van der Waals surface area contributed by atoms with E-state index < -0.39 is 0 Å². The Bertz CT molecular complexity index is 1570. The number of rotatable bonds is 0. The van der Waals surface area contributed by atoms with Crippen molar-refractivity contribution in [1.82, 2.24) is 4.98 Å². The van der Waals surface area contributed by atoms with Gasteiger partial charge in [0.05, 0.1) is 11.1 Å². The molecule has 166 valence electrons. The quantitative estimate of drug-likeness (QED) is 0.266. The lowest BCUT2D eigenvalue weighted by Crippen LogP contribution is -2.24. The summed E-state index contributed by atoms with van der Waals surface area (Å²) < 4.78 is 0. The third kappa shape index (κ3) is 3.91. The van der Waals surface area contributed by atoms with Gasteiger partial charge < -0.3 is 0 Å². The smallest absolute Gasteiger partial charge is 0.168 e. The monoisotopic (exact) mass is 462 g/mol. The van der Waals surface area contributed by atoms with E-state index in [1.807, 2.05) is 48.5 Å². The largest absolute Gasteiger partial charge is 0.294 e. The van der Waals surface area contributed by atoms with Crippen LogP contribution in [0.15, 0.2) is 84.6 Å². The lowest BCUT2D eigenvalue weighted by molar-refractivity contribution is 0.0985. The van der Waals surface area contributed by atoms with E-state index in [1.165, 1.54) is 11.1 Å². The predicted octanol–water partition coefficient (Wildman–Crippen LogP) is 7.93. The van der Waals surface area contributed by atoms with Crippen LogP contribution in [0.1, 0.15) is 48.2 Å². The molecule has 0 amide bonds. The van der Waals surface area contributed by atoms with Gasteiger partial charge in [0.25, 0.3) is 0 Å². The van der Waals surface area contributed by atoms with Crippen LogP contribution in [0, 0.1) is 16.7 Å². The molecule has 0 bridgehead atoms. The number of aromatic nitrogens is 1. The van der Waals surface area contributed by atoms with Crippen molar-refractivity contribution in [3.63, 3.8) is 0 Å². The third-order valence-corrected chi connectivity index (χ3v) is 6.90. The van der Waals surface area contributed by atoms with E-state index in [1.54, 1.807) is 6.20 Å². The Morgan fingerprint density at radius 1 is 1.03 bits per heavy atom. The Labute approximate surface area is 204 Å². The van der Waals surface area contributed by atoms with E-state index in [2.05, 4.69) is 49.2 Å². The molecule has 0 N–H and O–H groups in total. The van der Waals surface area contributed by atoms with Gasteiger partial charge in [-0.05, 0) is 63.6 Å². The number of para-hydroxylation sites is 1. The molecule has 34 heavy (non-hydrogen) atoms. The molecule has 3 aromatic carbocycles. The lowest BCUT2D eigenvalue weighted by atomic mass is 9.68. The molecule has 4 heteroatoms. The van der Waals surface area contributed by atoms with Gasteiger partial charge in [0.1, 0.15) is 6.07 Å². The van der Waals surface area contributed by atoms with E-state index in [4.69, 9.17) is 16.9 Å². The summed E-state index contributed by atoms with van der Waals surface area (Å²) in [7, 11) is 0. The van der Waals surface area contributed by atoms with Crippen molar-refractivity contribution in [3.05, 3.63) is 106 Å². The first kappa shape index (κ1) is 22.1. The van der Waals surface area contributed by atoms with Crippen LogP contribution in [0.4, 0.5) is 0 Å². The average molecular weight is 463 g/mol. The van der Waals surface area contributed by atoms with E-state index in [0.29, 0.717) is 17.0 Å². The minimum absolute atomic E-state index is 0.0619. The van der Waals surface area contributed by atoms with Gasteiger partial charge in [-0.3, -0.25) is 9.78 Å². The zero-order valence-electron chi connectivity index (χ0n) is 19.1. The fourth-order valence-electron chi connectivity index (χ4n) is 4.85. The van der Waals surface area contributed by atoms with Crippen LogP contribution in [0.2, 0.25) is 5.02 Å². The van der Waals surface area contributed by atoms with Gasteiger partial charge in [-0.25, -0.2) is 0 Å². The molecule has 1 heterocycles. The number of hydrogen-bond donors (Lipinski definition) is 0. The molecule has 0 saturated heterocycles. The van der Waals surface area contributed by atoms with Crippen molar-refractivity contribution < 1.29 is 4.79 Å². The highest BCUT2D eigenvalue weighted by atomic mass is 35.5. The fourth-order valence-corrected chi connectivity index (χ4v) is 5.03. The zero-order valence-corrected chi connectivity index (χ0v) is 19.9. The Morgan fingerprint density at radius 2 is 1.85 bits per heavy atom. The van der Waals surface area contributed by atoms with Crippen molar-refractivity contribution in [2.75, 3.05) is 0 Å². The van der Waals surface area contributed by atoms with Crippen molar-refractivity contribution in [1.29, 1.82) is 5.26 Å². The summed E-state index contributed by atoms with van der Waals surface area (Å²) in [5.74, 6) is 0.227. The molecule has 6 rings (SSSR count). The highest BCUT2D eigenvalue weighted by molar-refractivity contribution is 6.31. The van der Waals surface area contributed by atoms with Gasteiger partial charge in [-0.1, -0.05) is 74.0 Å². The van der Waals surface area contributed by atoms with E-state index in [-0.39, 0.29) is 11.2 Å². The zero-order chi connectivity index (χ0) is 23.9. The SMILES string of the molecule is CC1(C)CC=CC2=C1CC(=O)c1c2ccc2cc(Cl)ccc12.N#Cc1cnc2ccccc2c1. The second-order valence-corrected chi connectivity index (χ2v) is 9.80. The minimum atomic E-state index is 0.0619. The Balaban J connectivity index is 0.000000169. The van der Waals surface area contributed by atoms with E-state index in [0.717, 1.165) is 39.2 Å². The number of hydrogen-bond acceptors (Lipinski definition) is 3. The Morgan fingerprint density at radius 3 is 2.68 bits per heavy atom. The number of Topliss-reactive ketones (excluding diaryl/α,β-unsaturated/α-hetero) is 1. The topological polar surface area (TPSA) is 53.8 Å². The first-order valence-electron chi connectivity index (χ1n) is 11.3. The standard InChI is InChI=1S/C20H17ClO.C10H6N2/c1-20(2)9-3-4-15-16-7-5-12-10-13(21)6-8-14(12)19(16)18(22)11-17(15)20;11-6-8-5-9-3-1-2-4-10(9)12-7-8/h3-8,10H,9,11H2,1-2H3;1-5,7H. The van der Waals surface area contributed by atoms with Crippen molar-refractivity contribution >= 4 is 44.6 Å². The molecule has 0 atom stereocenters. The number of allylic oxidation sites excluding steroid dienone is 4. The molecule has 0 radical (unpaired) electrons. The molecule has 1 aromatic heterocycles. The van der Waals surface area contributed by atoms with Crippen LogP contribution in [-0.4, -0.2) is 10.8 Å². The lowest BCUT2D eigenvalue weighted by Gasteiger charge is -2.35. The Kier molecular flexibility index (Phi) is 5.55. The third-order valence-electron chi connectivity index (χ3n) is 6.66. The maximum atomic E-state index is 12.8. The normalized spacial score (nSPS) is 15.9. The van der Waals surface area contributed by atoms with Gasteiger partial charge in [0, 0.05) is 28.6 Å². The highest BCUT2D eigenvalue weighted by Gasteiger charge is 2.34. The van der Waals surface area contributed by atoms with Crippen LogP contribution in [0.25, 0.3) is 27.2 Å². The molecule has 0 aliphatic heterocycles. The second-order valence-electron chi connectivity index (χ2n) is 9.36. The van der Waals surface area contributed by atoms with Crippen molar-refractivity contribution in [2.24, 2.45) is 5.41 Å². The number of carbonyl (C=O) groups is 1. The molecule has 2 aliphatic rings. The first-order chi connectivity index (χ1) is 16.4. The summed E-state index contributed by atoms with van der Waals surface area (Å²) in [5, 5.41) is 12.4. The number of carbonyl (C=O) groups excluding carboxylic acids is 1. The maximum Gasteiger partial charge on any atom is 0.168 e. The minimum Gasteiger partial charge on any atom is -0.294 e.